The molecule has 5 rings (SSSR count). The number of likely N-dealkylation sites (N-methyl/N-ethyl adjacent to an activating group) is 1. The van der Waals surface area contributed by atoms with Gasteiger partial charge in [0.05, 0.1) is 6.54 Å². The van der Waals surface area contributed by atoms with Crippen molar-refractivity contribution in [2.24, 2.45) is 5.92 Å². The second kappa shape index (κ2) is 10.2. The Bertz CT molecular complexity index is 1100. The highest BCUT2D eigenvalue weighted by Gasteiger charge is 2.25. The average Bonchev–Trinajstić information content (AvgIpc) is 3.19. The van der Waals surface area contributed by atoms with Gasteiger partial charge in [0.25, 0.3) is 0 Å². The van der Waals surface area contributed by atoms with E-state index in [1.165, 1.54) is 75.1 Å². The van der Waals surface area contributed by atoms with Crippen LogP contribution in [0.4, 0.5) is 0 Å². The van der Waals surface area contributed by atoms with Gasteiger partial charge in [0, 0.05) is 44.8 Å². The second-order valence-corrected chi connectivity index (χ2v) is 10.8. The first kappa shape index (κ1) is 23.5. The zero-order valence-electron chi connectivity index (χ0n) is 21.6. The highest BCUT2D eigenvalue weighted by Crippen LogP contribution is 2.36. The summed E-state index contributed by atoms with van der Waals surface area (Å²) in [5.74, 6) is 2.74. The molecule has 5 nitrogen and oxygen atoms in total. The lowest BCUT2D eigenvalue weighted by atomic mass is 9.78. The number of aryl methyl sites for hydroxylation is 3. The molecule has 3 aromatic rings. The Morgan fingerprint density at radius 3 is 2.29 bits per heavy atom. The van der Waals surface area contributed by atoms with Gasteiger partial charge in [0.15, 0.2) is 5.65 Å². The predicted octanol–water partition coefficient (Wildman–Crippen LogP) is 5.18. The lowest BCUT2D eigenvalue weighted by Gasteiger charge is -2.37. The maximum atomic E-state index is 4.91. The SMILES string of the molecule is CCc1nc2c(C)cc(C)nc2n1Cc1ccc(C2CCC(CN3CCN(C)CC3)CC2)cc1. The summed E-state index contributed by atoms with van der Waals surface area (Å²) in [5, 5.41) is 0. The number of rotatable bonds is 6. The number of imidazole rings is 1. The topological polar surface area (TPSA) is 37.2 Å². The van der Waals surface area contributed by atoms with E-state index in [2.05, 4.69) is 72.5 Å². The van der Waals surface area contributed by atoms with Crippen molar-refractivity contribution in [3.05, 3.63) is 58.5 Å². The van der Waals surface area contributed by atoms with Gasteiger partial charge in [-0.1, -0.05) is 31.2 Å². The number of hydrogen-bond acceptors (Lipinski definition) is 4. The van der Waals surface area contributed by atoms with Gasteiger partial charge in [0.2, 0.25) is 0 Å². The molecule has 1 aliphatic heterocycles. The Hall–Kier alpha value is -2.24. The number of piperazine rings is 1. The fourth-order valence-electron chi connectivity index (χ4n) is 6.04. The van der Waals surface area contributed by atoms with E-state index in [-0.39, 0.29) is 0 Å². The molecule has 2 aliphatic rings. The summed E-state index contributed by atoms with van der Waals surface area (Å²) in [7, 11) is 2.24. The highest BCUT2D eigenvalue weighted by molar-refractivity contribution is 5.76. The van der Waals surface area contributed by atoms with Crippen LogP contribution in [0.3, 0.4) is 0 Å². The third-order valence-electron chi connectivity index (χ3n) is 8.17. The fraction of sp³-hybridized carbons (Fsp3) is 0.586. The molecule has 0 N–H and O–H groups in total. The van der Waals surface area contributed by atoms with Crippen molar-refractivity contribution < 1.29 is 0 Å². The minimum absolute atomic E-state index is 0.727. The largest absolute Gasteiger partial charge is 0.308 e. The number of pyridine rings is 1. The monoisotopic (exact) mass is 459 g/mol. The van der Waals surface area contributed by atoms with Crippen LogP contribution < -0.4 is 0 Å². The molecule has 0 radical (unpaired) electrons. The van der Waals surface area contributed by atoms with Crippen LogP contribution in [0.1, 0.15) is 66.7 Å². The molecule has 1 saturated heterocycles. The van der Waals surface area contributed by atoms with Gasteiger partial charge in [-0.25, -0.2) is 9.97 Å². The highest BCUT2D eigenvalue weighted by atomic mass is 15.2. The molecule has 5 heteroatoms. The summed E-state index contributed by atoms with van der Waals surface area (Å²) in [4.78, 5) is 14.9. The Balaban J connectivity index is 1.21. The molecular formula is C29H41N5. The van der Waals surface area contributed by atoms with E-state index >= 15 is 0 Å². The Labute approximate surface area is 205 Å². The third-order valence-corrected chi connectivity index (χ3v) is 8.17. The molecule has 0 amide bonds. The normalized spacial score (nSPS) is 22.5. The number of benzene rings is 1. The summed E-state index contributed by atoms with van der Waals surface area (Å²) in [6.45, 7) is 13.5. The molecule has 1 aliphatic carbocycles. The van der Waals surface area contributed by atoms with E-state index in [0.717, 1.165) is 47.5 Å². The zero-order chi connectivity index (χ0) is 23.7. The van der Waals surface area contributed by atoms with E-state index in [1.54, 1.807) is 0 Å². The molecule has 0 unspecified atom stereocenters. The minimum Gasteiger partial charge on any atom is -0.308 e. The van der Waals surface area contributed by atoms with E-state index in [9.17, 15) is 0 Å². The summed E-state index contributed by atoms with van der Waals surface area (Å²) in [6, 6.07) is 11.6. The van der Waals surface area contributed by atoms with Crippen LogP contribution in [0.15, 0.2) is 30.3 Å². The van der Waals surface area contributed by atoms with Crippen LogP contribution >= 0.6 is 0 Å². The average molecular weight is 460 g/mol. The van der Waals surface area contributed by atoms with Crippen molar-refractivity contribution in [3.63, 3.8) is 0 Å². The molecule has 34 heavy (non-hydrogen) atoms. The van der Waals surface area contributed by atoms with Gasteiger partial charge in [-0.15, -0.1) is 0 Å². The fourth-order valence-corrected chi connectivity index (χ4v) is 6.04. The lowest BCUT2D eigenvalue weighted by molar-refractivity contribution is 0.123. The van der Waals surface area contributed by atoms with Crippen molar-refractivity contribution in [2.45, 2.75) is 65.3 Å². The smallest absolute Gasteiger partial charge is 0.160 e. The van der Waals surface area contributed by atoms with E-state index < -0.39 is 0 Å². The first-order valence-electron chi connectivity index (χ1n) is 13.3. The van der Waals surface area contributed by atoms with E-state index in [4.69, 9.17) is 9.97 Å². The molecule has 0 atom stereocenters. The van der Waals surface area contributed by atoms with E-state index in [1.807, 2.05) is 0 Å². The molecule has 2 aromatic heterocycles. The zero-order valence-corrected chi connectivity index (χ0v) is 21.6. The minimum atomic E-state index is 0.727. The maximum Gasteiger partial charge on any atom is 0.160 e. The van der Waals surface area contributed by atoms with Gasteiger partial charge < -0.3 is 14.4 Å². The molecule has 0 spiro atoms. The molecule has 0 bridgehead atoms. The summed E-state index contributed by atoms with van der Waals surface area (Å²) in [5.41, 5.74) is 7.21. The van der Waals surface area contributed by atoms with Crippen LogP contribution in [0.25, 0.3) is 11.2 Å². The predicted molar refractivity (Wildman–Crippen MR) is 141 cm³/mol. The van der Waals surface area contributed by atoms with Crippen LogP contribution in [0.5, 0.6) is 0 Å². The first-order valence-corrected chi connectivity index (χ1v) is 13.3. The number of hydrogen-bond donors (Lipinski definition) is 0. The Morgan fingerprint density at radius 2 is 1.62 bits per heavy atom. The quantitative estimate of drug-likeness (QED) is 0.509. The molecule has 3 heterocycles. The van der Waals surface area contributed by atoms with Crippen molar-refractivity contribution >= 4 is 11.2 Å². The van der Waals surface area contributed by atoms with Crippen LogP contribution in [-0.4, -0.2) is 64.1 Å². The number of nitrogens with zero attached hydrogens (tertiary/aromatic N) is 5. The van der Waals surface area contributed by atoms with E-state index in [0.29, 0.717) is 0 Å². The maximum absolute atomic E-state index is 4.91. The van der Waals surface area contributed by atoms with Crippen LogP contribution in [-0.2, 0) is 13.0 Å². The molecular weight excluding hydrogens is 418 g/mol. The summed E-state index contributed by atoms with van der Waals surface area (Å²) in [6.07, 6.45) is 6.36. The standard InChI is InChI=1S/C29H41N5/c1-5-27-31-28-21(2)18-22(3)30-29(28)34(27)20-24-8-12-26(13-9-24)25-10-6-23(7-11-25)19-33-16-14-32(4)15-17-33/h8-9,12-13,18,23,25H,5-7,10-11,14-17,19-20H2,1-4H3. The van der Waals surface area contributed by atoms with Crippen molar-refractivity contribution in [3.8, 4) is 0 Å². The van der Waals surface area contributed by atoms with Crippen molar-refractivity contribution in [1.82, 2.24) is 24.3 Å². The van der Waals surface area contributed by atoms with Gasteiger partial charge in [0.1, 0.15) is 11.3 Å². The Morgan fingerprint density at radius 1 is 0.912 bits per heavy atom. The Kier molecular flexibility index (Phi) is 7.03. The van der Waals surface area contributed by atoms with Gasteiger partial charge in [-0.2, -0.15) is 0 Å². The van der Waals surface area contributed by atoms with Gasteiger partial charge in [-0.05, 0) is 81.2 Å². The van der Waals surface area contributed by atoms with Crippen LogP contribution in [0, 0.1) is 19.8 Å². The number of fused-ring (bicyclic) bond motifs is 1. The molecule has 1 aromatic carbocycles. The first-order chi connectivity index (χ1) is 16.5. The van der Waals surface area contributed by atoms with Crippen molar-refractivity contribution in [2.75, 3.05) is 39.8 Å². The van der Waals surface area contributed by atoms with Crippen molar-refractivity contribution in [1.29, 1.82) is 0 Å². The second-order valence-electron chi connectivity index (χ2n) is 10.8. The summed E-state index contributed by atoms with van der Waals surface area (Å²) < 4.78 is 2.31. The third kappa shape index (κ3) is 5.06. The van der Waals surface area contributed by atoms with Gasteiger partial charge >= 0.3 is 0 Å². The summed E-state index contributed by atoms with van der Waals surface area (Å²) >= 11 is 0. The lowest BCUT2D eigenvalue weighted by Crippen LogP contribution is -2.46. The molecule has 182 valence electrons. The molecule has 2 fully saturated rings. The molecule has 1 saturated carbocycles. The van der Waals surface area contributed by atoms with Gasteiger partial charge in [-0.3, -0.25) is 0 Å². The number of aromatic nitrogens is 3. The van der Waals surface area contributed by atoms with Crippen LogP contribution in [0.2, 0.25) is 0 Å².